The van der Waals surface area contributed by atoms with Gasteiger partial charge in [-0.2, -0.15) is 0 Å². The van der Waals surface area contributed by atoms with Gasteiger partial charge >= 0.3 is 0 Å². The summed E-state index contributed by atoms with van der Waals surface area (Å²) in [6.07, 6.45) is 0. The van der Waals surface area contributed by atoms with Gasteiger partial charge in [-0.15, -0.1) is 0 Å². The molecule has 124 valence electrons. The summed E-state index contributed by atoms with van der Waals surface area (Å²) in [5.74, 6) is 0.800. The Kier molecular flexibility index (Phi) is 7.91. The van der Waals surface area contributed by atoms with Gasteiger partial charge in [0.1, 0.15) is 0 Å². The monoisotopic (exact) mass is 307 g/mol. The number of nitrogens with one attached hydrogen (secondary N) is 2. The molecule has 2 N–H and O–H groups in total. The molecule has 5 nitrogen and oxygen atoms in total. The molecule has 0 atom stereocenters. The summed E-state index contributed by atoms with van der Waals surface area (Å²) in [5, 5.41) is 6.55. The minimum Gasteiger partial charge on any atom is -0.380 e. The van der Waals surface area contributed by atoms with Crippen LogP contribution in [-0.2, 0) is 22.6 Å². The lowest BCUT2D eigenvalue weighted by Crippen LogP contribution is -2.45. The third-order valence-corrected chi connectivity index (χ3v) is 3.33. The Bertz CT molecular complexity index is 455. The number of aliphatic imine (C=N–C) groups is 1. The van der Waals surface area contributed by atoms with Crippen LogP contribution in [0, 0.1) is 0 Å². The first kappa shape index (κ1) is 18.5. The molecule has 0 amide bonds. The van der Waals surface area contributed by atoms with Crippen molar-refractivity contribution in [1.82, 2.24) is 10.6 Å². The van der Waals surface area contributed by atoms with E-state index in [1.165, 1.54) is 11.1 Å². The molecule has 0 saturated heterocycles. The van der Waals surface area contributed by atoms with Crippen LogP contribution in [0.2, 0.25) is 0 Å². The van der Waals surface area contributed by atoms with E-state index >= 15 is 0 Å². The van der Waals surface area contributed by atoms with Gasteiger partial charge < -0.3 is 20.1 Å². The molecule has 0 saturated carbocycles. The van der Waals surface area contributed by atoms with Crippen LogP contribution in [-0.4, -0.2) is 38.9 Å². The first-order valence-corrected chi connectivity index (χ1v) is 7.65. The summed E-state index contributed by atoms with van der Waals surface area (Å²) in [7, 11) is 3.42. The van der Waals surface area contributed by atoms with Crippen LogP contribution in [0.4, 0.5) is 0 Å². The van der Waals surface area contributed by atoms with Crippen molar-refractivity contribution in [3.63, 3.8) is 0 Å². The van der Waals surface area contributed by atoms with Crippen molar-refractivity contribution >= 4 is 5.96 Å². The zero-order valence-corrected chi connectivity index (χ0v) is 14.4. The van der Waals surface area contributed by atoms with Crippen molar-refractivity contribution in [3.8, 4) is 0 Å². The molecule has 1 aromatic carbocycles. The number of rotatable bonds is 8. The Morgan fingerprint density at radius 2 is 1.73 bits per heavy atom. The van der Waals surface area contributed by atoms with Gasteiger partial charge in [0.15, 0.2) is 5.96 Å². The van der Waals surface area contributed by atoms with E-state index in [2.05, 4.69) is 46.8 Å². The number of nitrogens with zero attached hydrogens (tertiary/aromatic N) is 1. The molecule has 0 fully saturated rings. The average Bonchev–Trinajstić information content (AvgIpc) is 2.52. The molecule has 0 aliphatic carbocycles. The average molecular weight is 307 g/mol. The van der Waals surface area contributed by atoms with E-state index in [0.717, 1.165) is 12.5 Å². The Hall–Kier alpha value is -1.59. The van der Waals surface area contributed by atoms with E-state index < -0.39 is 0 Å². The van der Waals surface area contributed by atoms with Crippen LogP contribution in [0.15, 0.2) is 29.3 Å². The van der Waals surface area contributed by atoms with Gasteiger partial charge in [0.25, 0.3) is 0 Å². The Labute approximate surface area is 134 Å². The fraction of sp³-hybridized carbons (Fsp3) is 0.588. The summed E-state index contributed by atoms with van der Waals surface area (Å²) < 4.78 is 10.5. The van der Waals surface area contributed by atoms with Gasteiger partial charge in [0.2, 0.25) is 0 Å². The quantitative estimate of drug-likeness (QED) is 0.572. The summed E-state index contributed by atoms with van der Waals surface area (Å²) in [5.41, 5.74) is 2.11. The van der Waals surface area contributed by atoms with Gasteiger partial charge in [-0.1, -0.05) is 24.3 Å². The fourth-order valence-electron chi connectivity index (χ4n) is 1.79. The van der Waals surface area contributed by atoms with Gasteiger partial charge in [-0.3, -0.25) is 0 Å². The Morgan fingerprint density at radius 3 is 2.27 bits per heavy atom. The largest absolute Gasteiger partial charge is 0.380 e. The van der Waals surface area contributed by atoms with Crippen LogP contribution in [0.3, 0.4) is 0 Å². The molecule has 0 aliphatic heterocycles. The van der Waals surface area contributed by atoms with E-state index in [9.17, 15) is 0 Å². The molecular weight excluding hydrogens is 278 g/mol. The molecule has 0 unspecified atom stereocenters. The molecule has 0 aromatic heterocycles. The molecule has 5 heteroatoms. The summed E-state index contributed by atoms with van der Waals surface area (Å²) in [6.45, 7) is 8.93. The van der Waals surface area contributed by atoms with Crippen LogP contribution < -0.4 is 10.6 Å². The summed E-state index contributed by atoms with van der Waals surface area (Å²) >= 11 is 0. The van der Waals surface area contributed by atoms with Gasteiger partial charge in [0.05, 0.1) is 18.8 Å². The minimum atomic E-state index is -0.224. The van der Waals surface area contributed by atoms with Crippen LogP contribution in [0.25, 0.3) is 0 Å². The molecular formula is C17H29N3O2. The van der Waals surface area contributed by atoms with Crippen molar-refractivity contribution in [3.05, 3.63) is 35.4 Å². The molecule has 0 aliphatic rings. The Balaban J connectivity index is 2.61. The van der Waals surface area contributed by atoms with E-state index in [0.29, 0.717) is 19.7 Å². The molecule has 0 spiro atoms. The highest BCUT2D eigenvalue weighted by atomic mass is 16.5. The highest BCUT2D eigenvalue weighted by Crippen LogP contribution is 2.07. The summed E-state index contributed by atoms with van der Waals surface area (Å²) in [4.78, 5) is 4.60. The van der Waals surface area contributed by atoms with E-state index in [1.807, 2.05) is 13.8 Å². The third-order valence-electron chi connectivity index (χ3n) is 3.33. The lowest BCUT2D eigenvalue weighted by atomic mass is 10.1. The van der Waals surface area contributed by atoms with Crippen LogP contribution >= 0.6 is 0 Å². The maximum absolute atomic E-state index is 5.41. The smallest absolute Gasteiger partial charge is 0.191 e. The summed E-state index contributed by atoms with van der Waals surface area (Å²) in [6, 6.07) is 8.31. The van der Waals surface area contributed by atoms with Crippen molar-refractivity contribution < 1.29 is 9.47 Å². The SMILES string of the molecule is CCNC(=NCc1ccc(COC)cc1)NCC(C)(C)OC. The fourth-order valence-corrected chi connectivity index (χ4v) is 1.79. The second-order valence-corrected chi connectivity index (χ2v) is 5.76. The topological polar surface area (TPSA) is 54.9 Å². The van der Waals surface area contributed by atoms with E-state index in [4.69, 9.17) is 9.47 Å². The highest BCUT2D eigenvalue weighted by molar-refractivity contribution is 5.79. The van der Waals surface area contributed by atoms with Gasteiger partial charge in [-0.05, 0) is 31.9 Å². The second-order valence-electron chi connectivity index (χ2n) is 5.76. The molecule has 0 radical (unpaired) electrons. The maximum atomic E-state index is 5.41. The lowest BCUT2D eigenvalue weighted by molar-refractivity contribution is 0.0268. The van der Waals surface area contributed by atoms with Crippen molar-refractivity contribution in [2.45, 2.75) is 39.5 Å². The van der Waals surface area contributed by atoms with Gasteiger partial charge in [-0.25, -0.2) is 4.99 Å². The molecule has 22 heavy (non-hydrogen) atoms. The van der Waals surface area contributed by atoms with Crippen LogP contribution in [0.1, 0.15) is 31.9 Å². The van der Waals surface area contributed by atoms with Crippen LogP contribution in [0.5, 0.6) is 0 Å². The predicted octanol–water partition coefficient (Wildman–Crippen LogP) is 2.31. The predicted molar refractivity (Wildman–Crippen MR) is 91.1 cm³/mol. The van der Waals surface area contributed by atoms with Crippen molar-refractivity contribution in [2.75, 3.05) is 27.3 Å². The third kappa shape index (κ3) is 6.91. The molecule has 1 aromatic rings. The van der Waals surface area contributed by atoms with Crippen molar-refractivity contribution in [1.29, 1.82) is 0 Å². The van der Waals surface area contributed by atoms with E-state index in [1.54, 1.807) is 14.2 Å². The van der Waals surface area contributed by atoms with Crippen molar-refractivity contribution in [2.24, 2.45) is 4.99 Å². The highest BCUT2D eigenvalue weighted by Gasteiger charge is 2.16. The second kappa shape index (κ2) is 9.43. The normalized spacial score (nSPS) is 12.3. The number of ether oxygens (including phenoxy) is 2. The first-order chi connectivity index (χ1) is 10.5. The number of hydrogen-bond donors (Lipinski definition) is 2. The standard InChI is InChI=1S/C17H29N3O2/c1-6-18-16(20-13-17(2,3)22-5)19-11-14-7-9-15(10-8-14)12-21-4/h7-10H,6,11-13H2,1-5H3,(H2,18,19,20). The lowest BCUT2D eigenvalue weighted by Gasteiger charge is -2.24. The Morgan fingerprint density at radius 1 is 1.09 bits per heavy atom. The van der Waals surface area contributed by atoms with Gasteiger partial charge in [0, 0.05) is 27.3 Å². The first-order valence-electron chi connectivity index (χ1n) is 7.65. The number of methoxy groups -OCH3 is 2. The molecule has 0 heterocycles. The zero-order valence-electron chi connectivity index (χ0n) is 14.4. The van der Waals surface area contributed by atoms with E-state index in [-0.39, 0.29) is 5.60 Å². The maximum Gasteiger partial charge on any atom is 0.191 e. The number of benzene rings is 1. The number of hydrogen-bond acceptors (Lipinski definition) is 3. The number of guanidine groups is 1. The zero-order chi connectivity index (χ0) is 16.4. The molecule has 1 rings (SSSR count). The minimum absolute atomic E-state index is 0.224. The molecule has 0 bridgehead atoms.